The zero-order valence-electron chi connectivity index (χ0n) is 23.0. The molecule has 40 heavy (non-hydrogen) atoms. The number of pyridine rings is 1. The first kappa shape index (κ1) is 27.3. The maximum Gasteiger partial charge on any atom is 0.356 e. The predicted octanol–water partition coefficient (Wildman–Crippen LogP) is 3.98. The number of carboxylic acids is 1. The van der Waals surface area contributed by atoms with Crippen LogP contribution in [-0.2, 0) is 7.05 Å². The molecule has 2 N–H and O–H groups in total. The van der Waals surface area contributed by atoms with Gasteiger partial charge in [-0.05, 0) is 57.5 Å². The summed E-state index contributed by atoms with van der Waals surface area (Å²) in [6.07, 6.45) is 1.77. The van der Waals surface area contributed by atoms with E-state index in [-0.39, 0.29) is 28.5 Å². The molecule has 0 bridgehead atoms. The number of benzene rings is 1. The van der Waals surface area contributed by atoms with Crippen LogP contribution in [-0.4, -0.2) is 61.3 Å². The van der Waals surface area contributed by atoms with Crippen molar-refractivity contribution >= 4 is 46.1 Å². The van der Waals surface area contributed by atoms with Crippen LogP contribution >= 0.6 is 11.6 Å². The van der Waals surface area contributed by atoms with Crippen LogP contribution in [0.2, 0.25) is 5.15 Å². The number of carboxylic acid groups (broad SMARTS) is 1. The highest BCUT2D eigenvalue weighted by atomic mass is 35.5. The Kier molecular flexibility index (Phi) is 7.33. The molecule has 4 aromatic rings. The van der Waals surface area contributed by atoms with Crippen LogP contribution in [0.3, 0.4) is 0 Å². The minimum Gasteiger partial charge on any atom is -0.476 e. The van der Waals surface area contributed by atoms with Crippen molar-refractivity contribution in [1.82, 2.24) is 24.5 Å². The molecule has 1 fully saturated rings. The van der Waals surface area contributed by atoms with E-state index in [9.17, 15) is 14.7 Å². The molecule has 1 aliphatic heterocycles. The van der Waals surface area contributed by atoms with E-state index in [1.165, 1.54) is 6.07 Å². The largest absolute Gasteiger partial charge is 0.476 e. The summed E-state index contributed by atoms with van der Waals surface area (Å²) >= 11 is 5.93. The van der Waals surface area contributed by atoms with Crippen LogP contribution in [0.5, 0.6) is 0 Å². The Labute approximate surface area is 236 Å². The highest BCUT2D eigenvalue weighted by molar-refractivity contribution is 6.29. The quantitative estimate of drug-likeness (QED) is 0.333. The molecule has 4 heterocycles. The number of carbonyl (C=O) groups is 1. The fourth-order valence-corrected chi connectivity index (χ4v) is 5.34. The molecule has 0 spiro atoms. The number of nitrogens with zero attached hydrogens (tertiary/aromatic N) is 7. The number of halogens is 1. The fraction of sp³-hybridized carbons (Fsp3) is 0.357. The zero-order valence-corrected chi connectivity index (χ0v) is 23.8. The summed E-state index contributed by atoms with van der Waals surface area (Å²) in [5, 5.41) is 13.5. The molecule has 3 aromatic heterocycles. The first-order valence-corrected chi connectivity index (χ1v) is 13.4. The van der Waals surface area contributed by atoms with Gasteiger partial charge in [-0.1, -0.05) is 17.7 Å². The Morgan fingerprint density at radius 1 is 1.15 bits per heavy atom. The highest BCUT2D eigenvalue weighted by Crippen LogP contribution is 2.29. The molecule has 5 rings (SSSR count). The SMILES string of the molecule is Cc1cc([C@@H](C)Nc2ccc(Cl)nc2C(=O)O)c2nc(N3CCN(c4nccc(C)n4)[C@H](C)C3)n(C)c(=O)c2c1. The van der Waals surface area contributed by atoms with Gasteiger partial charge in [-0.3, -0.25) is 9.36 Å². The number of piperazine rings is 1. The molecule has 0 unspecified atom stereocenters. The summed E-state index contributed by atoms with van der Waals surface area (Å²) in [5.74, 6) is 0.0818. The zero-order chi connectivity index (χ0) is 28.7. The van der Waals surface area contributed by atoms with Crippen LogP contribution in [0.4, 0.5) is 17.6 Å². The summed E-state index contributed by atoms with van der Waals surface area (Å²) in [5.41, 5.74) is 3.16. The maximum absolute atomic E-state index is 13.6. The van der Waals surface area contributed by atoms with Gasteiger partial charge >= 0.3 is 5.97 Å². The van der Waals surface area contributed by atoms with Crippen molar-refractivity contribution in [2.24, 2.45) is 7.05 Å². The molecular weight excluding hydrogens is 532 g/mol. The lowest BCUT2D eigenvalue weighted by Gasteiger charge is -2.40. The van der Waals surface area contributed by atoms with Gasteiger partial charge in [0.2, 0.25) is 11.9 Å². The number of rotatable bonds is 6. The van der Waals surface area contributed by atoms with E-state index in [2.05, 4.69) is 37.0 Å². The highest BCUT2D eigenvalue weighted by Gasteiger charge is 2.29. The van der Waals surface area contributed by atoms with Gasteiger partial charge in [0.15, 0.2) is 5.69 Å². The second kappa shape index (κ2) is 10.7. The van der Waals surface area contributed by atoms with Crippen molar-refractivity contribution < 1.29 is 9.90 Å². The number of fused-ring (bicyclic) bond motifs is 1. The van der Waals surface area contributed by atoms with E-state index in [0.717, 1.165) is 16.8 Å². The second-order valence-corrected chi connectivity index (χ2v) is 10.6. The Morgan fingerprint density at radius 2 is 1.93 bits per heavy atom. The summed E-state index contributed by atoms with van der Waals surface area (Å²) in [6.45, 7) is 9.83. The van der Waals surface area contributed by atoms with Crippen molar-refractivity contribution in [3.05, 3.63) is 74.6 Å². The molecule has 1 aliphatic rings. The van der Waals surface area contributed by atoms with Crippen LogP contribution in [0.15, 0.2) is 41.3 Å². The van der Waals surface area contributed by atoms with Crippen molar-refractivity contribution in [1.29, 1.82) is 0 Å². The minimum absolute atomic E-state index is 0.0908. The fourth-order valence-electron chi connectivity index (χ4n) is 5.19. The number of hydrogen-bond acceptors (Lipinski definition) is 9. The van der Waals surface area contributed by atoms with E-state index in [4.69, 9.17) is 16.6 Å². The molecule has 2 atom stereocenters. The van der Waals surface area contributed by atoms with E-state index in [1.54, 1.807) is 23.9 Å². The average molecular weight is 563 g/mol. The lowest BCUT2D eigenvalue weighted by Crippen LogP contribution is -2.54. The third-order valence-electron chi connectivity index (χ3n) is 7.18. The van der Waals surface area contributed by atoms with Crippen LogP contribution in [0.1, 0.15) is 47.2 Å². The van der Waals surface area contributed by atoms with Crippen molar-refractivity contribution in [2.45, 2.75) is 39.8 Å². The Bertz CT molecular complexity index is 1670. The van der Waals surface area contributed by atoms with Gasteiger partial charge < -0.3 is 20.2 Å². The first-order chi connectivity index (χ1) is 19.0. The molecule has 0 saturated carbocycles. The molecule has 208 valence electrons. The van der Waals surface area contributed by atoms with Gasteiger partial charge in [-0.15, -0.1) is 0 Å². The lowest BCUT2D eigenvalue weighted by atomic mass is 10.0. The van der Waals surface area contributed by atoms with Crippen LogP contribution in [0, 0.1) is 13.8 Å². The van der Waals surface area contributed by atoms with Gasteiger partial charge in [0, 0.05) is 50.2 Å². The predicted molar refractivity (Wildman–Crippen MR) is 156 cm³/mol. The summed E-state index contributed by atoms with van der Waals surface area (Å²) in [7, 11) is 1.74. The Balaban J connectivity index is 1.51. The van der Waals surface area contributed by atoms with Crippen LogP contribution in [0.25, 0.3) is 10.9 Å². The van der Waals surface area contributed by atoms with E-state index >= 15 is 0 Å². The smallest absolute Gasteiger partial charge is 0.356 e. The van der Waals surface area contributed by atoms with Crippen molar-refractivity contribution in [3.8, 4) is 0 Å². The average Bonchev–Trinajstić information content (AvgIpc) is 2.91. The molecule has 0 radical (unpaired) electrons. The molecule has 11 nitrogen and oxygen atoms in total. The lowest BCUT2D eigenvalue weighted by molar-refractivity contribution is 0.0691. The molecule has 12 heteroatoms. The van der Waals surface area contributed by atoms with E-state index in [0.29, 0.717) is 48.1 Å². The molecule has 1 aromatic carbocycles. The topological polar surface area (TPSA) is 129 Å². The van der Waals surface area contributed by atoms with Gasteiger partial charge in [0.25, 0.3) is 5.56 Å². The molecule has 0 aliphatic carbocycles. The number of anilines is 3. The minimum atomic E-state index is -1.19. The van der Waals surface area contributed by atoms with Crippen molar-refractivity contribution in [2.75, 3.05) is 34.8 Å². The first-order valence-electron chi connectivity index (χ1n) is 13.0. The summed E-state index contributed by atoms with van der Waals surface area (Å²) in [4.78, 5) is 47.7. The third kappa shape index (κ3) is 5.16. The third-order valence-corrected chi connectivity index (χ3v) is 7.39. The normalized spacial score (nSPS) is 16.3. The van der Waals surface area contributed by atoms with Crippen LogP contribution < -0.4 is 20.7 Å². The standard InChI is InChI=1S/C28H31ClN8O3/c1-15-12-19(18(4)32-21-6-7-22(29)33-24(21)26(39)40)23-20(13-15)25(38)35(5)28(34-23)36-10-11-37(17(3)14-36)27-30-9-8-16(2)31-27/h6-9,12-13,17-18,32H,10-11,14H2,1-5H3,(H,39,40)/t17-,18-/m1/s1. The molecular formula is C28H31ClN8O3. The summed E-state index contributed by atoms with van der Waals surface area (Å²) < 4.78 is 1.60. The van der Waals surface area contributed by atoms with Gasteiger partial charge in [0.1, 0.15) is 5.15 Å². The number of hydrogen-bond donors (Lipinski definition) is 2. The molecule has 0 amide bonds. The Hall–Kier alpha value is -4.25. The van der Waals surface area contributed by atoms with Gasteiger partial charge in [-0.25, -0.2) is 24.7 Å². The maximum atomic E-state index is 13.6. The van der Waals surface area contributed by atoms with E-state index in [1.807, 2.05) is 39.0 Å². The molecule has 1 saturated heterocycles. The monoisotopic (exact) mass is 562 g/mol. The van der Waals surface area contributed by atoms with Gasteiger partial charge in [-0.2, -0.15) is 0 Å². The number of nitrogens with one attached hydrogen (secondary N) is 1. The van der Waals surface area contributed by atoms with Crippen molar-refractivity contribution in [3.63, 3.8) is 0 Å². The number of aryl methyl sites for hydroxylation is 2. The van der Waals surface area contributed by atoms with Gasteiger partial charge in [0.05, 0.1) is 22.6 Å². The number of aromatic nitrogens is 5. The second-order valence-electron chi connectivity index (χ2n) is 10.2. The summed E-state index contributed by atoms with van der Waals surface area (Å²) in [6, 6.07) is 8.51. The van der Waals surface area contributed by atoms with E-state index < -0.39 is 5.97 Å². The Morgan fingerprint density at radius 3 is 2.62 bits per heavy atom. The number of aromatic carboxylic acids is 1.